The Morgan fingerprint density at radius 1 is 1.13 bits per heavy atom. The molecule has 11 heteroatoms. The first-order chi connectivity index (χ1) is 18.3. The fourth-order valence-electron chi connectivity index (χ4n) is 3.04. The van der Waals surface area contributed by atoms with Crippen LogP contribution in [0.1, 0.15) is 67.2 Å². The lowest BCUT2D eigenvalue weighted by molar-refractivity contribution is -0.172. The molecule has 2 aliphatic rings. The van der Waals surface area contributed by atoms with Gasteiger partial charge < -0.3 is 20.7 Å². The molecule has 1 fully saturated rings. The number of hydrogen-bond donors (Lipinski definition) is 2. The van der Waals surface area contributed by atoms with E-state index in [0.717, 1.165) is 6.42 Å². The second-order valence-electron chi connectivity index (χ2n) is 8.14. The van der Waals surface area contributed by atoms with E-state index in [1.807, 2.05) is 33.8 Å². The molecule has 1 saturated heterocycles. The van der Waals surface area contributed by atoms with Crippen LogP contribution in [-0.4, -0.2) is 66.6 Å². The van der Waals surface area contributed by atoms with Gasteiger partial charge >= 0.3 is 11.8 Å². The maximum Gasteiger partial charge on any atom is 0.329 e. The number of alkyl halides is 4. The van der Waals surface area contributed by atoms with E-state index in [-0.39, 0.29) is 25.3 Å². The Kier molecular flexibility index (Phi) is 18.8. The highest BCUT2D eigenvalue weighted by molar-refractivity contribution is 6.07. The van der Waals surface area contributed by atoms with Crippen LogP contribution in [0.4, 0.5) is 17.6 Å². The first-order valence-corrected chi connectivity index (χ1v) is 13.2. The zero-order valence-electron chi connectivity index (χ0n) is 24.2. The third-order valence-electron chi connectivity index (χ3n) is 5.30. The topological polar surface area (TPSA) is 97.0 Å². The summed E-state index contributed by atoms with van der Waals surface area (Å²) in [4.78, 5) is 29.0. The van der Waals surface area contributed by atoms with E-state index in [1.165, 1.54) is 6.08 Å². The number of nitrogens with one attached hydrogen (secondary N) is 1. The maximum absolute atomic E-state index is 13.2. The average molecular weight is 563 g/mol. The van der Waals surface area contributed by atoms with Gasteiger partial charge in [-0.3, -0.25) is 9.59 Å². The molecule has 0 spiro atoms. The van der Waals surface area contributed by atoms with Gasteiger partial charge in [0.25, 0.3) is 5.91 Å². The van der Waals surface area contributed by atoms with Crippen molar-refractivity contribution in [3.8, 4) is 0 Å². The minimum Gasteiger partial charge on any atom is -0.489 e. The molecule has 7 nitrogen and oxygen atoms in total. The summed E-state index contributed by atoms with van der Waals surface area (Å²) in [6.07, 6.45) is 5.38. The summed E-state index contributed by atoms with van der Waals surface area (Å²) in [6.45, 7) is 20.3. The van der Waals surface area contributed by atoms with Crippen molar-refractivity contribution < 1.29 is 31.9 Å². The van der Waals surface area contributed by atoms with E-state index < -0.39 is 42.8 Å². The van der Waals surface area contributed by atoms with Crippen LogP contribution in [0, 0.1) is 0 Å². The molecule has 2 aliphatic heterocycles. The van der Waals surface area contributed by atoms with Crippen LogP contribution in [0.2, 0.25) is 0 Å². The van der Waals surface area contributed by atoms with E-state index in [2.05, 4.69) is 37.0 Å². The number of ether oxygens (including phenoxy) is 1. The summed E-state index contributed by atoms with van der Waals surface area (Å²) < 4.78 is 58.4. The first-order valence-electron chi connectivity index (χ1n) is 13.2. The van der Waals surface area contributed by atoms with Crippen LogP contribution in [0.15, 0.2) is 53.9 Å². The van der Waals surface area contributed by atoms with Gasteiger partial charge in [0.15, 0.2) is 5.70 Å². The van der Waals surface area contributed by atoms with Gasteiger partial charge in [0.2, 0.25) is 5.91 Å². The zero-order chi connectivity index (χ0) is 30.8. The van der Waals surface area contributed by atoms with Crippen molar-refractivity contribution >= 4 is 17.5 Å². The normalized spacial score (nSPS) is 17.3. The number of amides is 2. The molecule has 0 aromatic rings. The quantitative estimate of drug-likeness (QED) is 0.152. The van der Waals surface area contributed by atoms with Crippen molar-refractivity contribution in [2.75, 3.05) is 26.2 Å². The van der Waals surface area contributed by atoms with Crippen LogP contribution in [-0.2, 0) is 14.3 Å². The molecule has 1 atom stereocenters. The Hall–Kier alpha value is -2.95. The van der Waals surface area contributed by atoms with E-state index in [1.54, 1.807) is 6.92 Å². The Bertz CT molecular complexity index is 870. The van der Waals surface area contributed by atoms with Crippen molar-refractivity contribution in [1.82, 2.24) is 10.2 Å². The highest BCUT2D eigenvalue weighted by Gasteiger charge is 2.64. The molecule has 0 aromatic heterocycles. The van der Waals surface area contributed by atoms with E-state index in [0.29, 0.717) is 34.8 Å². The molecular weight excluding hydrogens is 516 g/mol. The zero-order valence-corrected chi connectivity index (χ0v) is 24.2. The summed E-state index contributed by atoms with van der Waals surface area (Å²) >= 11 is 0. The van der Waals surface area contributed by atoms with E-state index in [4.69, 9.17) is 10.5 Å². The Labute approximate surface area is 230 Å². The van der Waals surface area contributed by atoms with Crippen LogP contribution in [0.5, 0.6) is 0 Å². The molecule has 0 aromatic carbocycles. The number of carbonyl (C=O) groups excluding carboxylic acids is 2. The standard InChI is InChI=1S/C20H26F4N4O3.C4H8.2C2H6/c1-4-12(2)15-9-31-13(3)16(27-15)17(29)26-8-6-5-7-14(25)18(30)28-10-19(21,22)20(23,24)11-28;1-3-4-2;2*1-2/h4,14H,1-2,5-11,25H2,3H3,(H,26,29);3H,1,4H2,2H3;2*1-2H3/t14-;;;/m0.../s1. The monoisotopic (exact) mass is 562 g/mol. The van der Waals surface area contributed by atoms with Crippen molar-refractivity contribution in [2.24, 2.45) is 10.7 Å². The number of unbranched alkanes of at least 4 members (excludes halogenated alkanes) is 1. The van der Waals surface area contributed by atoms with Crippen molar-refractivity contribution in [3.05, 3.63) is 48.9 Å². The molecule has 0 bridgehead atoms. The van der Waals surface area contributed by atoms with Gasteiger partial charge in [0, 0.05) is 6.54 Å². The number of hydrogen-bond acceptors (Lipinski definition) is 5. The lowest BCUT2D eigenvalue weighted by atomic mass is 10.1. The van der Waals surface area contributed by atoms with Crippen LogP contribution in [0.25, 0.3) is 0 Å². The molecule has 2 heterocycles. The summed E-state index contributed by atoms with van der Waals surface area (Å²) in [5.74, 6) is -9.55. The number of allylic oxidation sites excluding steroid dienone is 3. The third-order valence-corrected chi connectivity index (χ3v) is 5.30. The van der Waals surface area contributed by atoms with Crippen molar-refractivity contribution in [2.45, 2.75) is 85.1 Å². The number of aliphatic imine (C=N–C) groups is 1. The fourth-order valence-corrected chi connectivity index (χ4v) is 3.04. The molecule has 0 radical (unpaired) electrons. The highest BCUT2D eigenvalue weighted by Crippen LogP contribution is 2.41. The third kappa shape index (κ3) is 12.2. The van der Waals surface area contributed by atoms with Crippen LogP contribution >= 0.6 is 0 Å². The minimum absolute atomic E-state index is 0.106. The van der Waals surface area contributed by atoms with Crippen LogP contribution in [0.3, 0.4) is 0 Å². The van der Waals surface area contributed by atoms with Gasteiger partial charge in [-0.1, -0.05) is 59.9 Å². The van der Waals surface area contributed by atoms with E-state index >= 15 is 0 Å². The molecule has 2 amide bonds. The summed E-state index contributed by atoms with van der Waals surface area (Å²) in [6, 6.07) is -1.17. The maximum atomic E-state index is 13.2. The number of rotatable bonds is 10. The largest absolute Gasteiger partial charge is 0.489 e. The molecule has 224 valence electrons. The number of carbonyl (C=O) groups is 2. The van der Waals surface area contributed by atoms with Gasteiger partial charge in [-0.15, -0.1) is 6.58 Å². The molecule has 0 saturated carbocycles. The molecule has 39 heavy (non-hydrogen) atoms. The second-order valence-corrected chi connectivity index (χ2v) is 8.14. The molecule has 0 aliphatic carbocycles. The highest BCUT2D eigenvalue weighted by atomic mass is 19.3. The van der Waals surface area contributed by atoms with Crippen LogP contribution < -0.4 is 11.1 Å². The van der Waals surface area contributed by atoms with Gasteiger partial charge in [0.1, 0.15) is 12.4 Å². The number of likely N-dealkylation sites (tertiary alicyclic amines) is 1. The van der Waals surface area contributed by atoms with Gasteiger partial charge in [0.05, 0.1) is 24.8 Å². The Morgan fingerprint density at radius 3 is 2.10 bits per heavy atom. The smallest absolute Gasteiger partial charge is 0.329 e. The summed E-state index contributed by atoms with van der Waals surface area (Å²) in [7, 11) is 0. The summed E-state index contributed by atoms with van der Waals surface area (Å²) in [5, 5.41) is 2.67. The van der Waals surface area contributed by atoms with Crippen molar-refractivity contribution in [3.63, 3.8) is 0 Å². The lowest BCUT2D eigenvalue weighted by Crippen LogP contribution is -2.43. The van der Waals surface area contributed by atoms with Crippen molar-refractivity contribution in [1.29, 1.82) is 0 Å². The Balaban J connectivity index is 0. The Morgan fingerprint density at radius 2 is 1.64 bits per heavy atom. The number of nitrogens with zero attached hydrogens (tertiary/aromatic N) is 2. The molecular formula is C28H46F4N4O3. The molecule has 0 unspecified atom stereocenters. The fraction of sp³-hybridized carbons (Fsp3) is 0.607. The number of halogens is 4. The van der Waals surface area contributed by atoms with E-state index in [9.17, 15) is 27.2 Å². The summed E-state index contributed by atoms with van der Waals surface area (Å²) in [5.41, 5.74) is 6.84. The molecule has 2 rings (SSSR count). The average Bonchev–Trinajstić information content (AvgIpc) is 3.16. The minimum atomic E-state index is -4.26. The predicted octanol–water partition coefficient (Wildman–Crippen LogP) is 5.79. The lowest BCUT2D eigenvalue weighted by Gasteiger charge is -2.20. The van der Waals surface area contributed by atoms with Gasteiger partial charge in [-0.05, 0) is 38.2 Å². The second kappa shape index (κ2) is 19.2. The first kappa shape index (κ1) is 38.2. The number of nitrogens with two attached hydrogens (primary N) is 1. The SMILES string of the molecule is C=CC(=C)C1=NC(C(=O)NCCCC[C@H](N)C(=O)N2CC(F)(F)C(F)(F)C2)=C(C)OC1.C=CCC.CC.CC. The predicted molar refractivity (Wildman–Crippen MR) is 150 cm³/mol. The van der Waals surface area contributed by atoms with Gasteiger partial charge in [-0.2, -0.15) is 17.6 Å². The van der Waals surface area contributed by atoms with Gasteiger partial charge in [-0.25, -0.2) is 4.99 Å². The molecule has 3 N–H and O–H groups in total.